The molecule has 0 aliphatic carbocycles. The van der Waals surface area contributed by atoms with Gasteiger partial charge in [-0.05, 0) is 35.4 Å². The quantitative estimate of drug-likeness (QED) is 0.572. The van der Waals surface area contributed by atoms with E-state index in [0.29, 0.717) is 12.4 Å². The Morgan fingerprint density at radius 3 is 2.23 bits per heavy atom. The Kier molecular flexibility index (Phi) is 7.21. The summed E-state index contributed by atoms with van der Waals surface area (Å²) in [6.45, 7) is 0.473. The Bertz CT molecular complexity index is 1070. The largest absolute Gasteiger partial charge is 0.489 e. The highest BCUT2D eigenvalue weighted by Crippen LogP contribution is 2.16. The standard InChI is InChI=1S/C23H24N2O4S/c1-25(30(27,28)22-13-6-3-7-14-22)17-23(26)24-16-20-11-8-12-21(15-20)29-18-19-9-4-2-5-10-19/h2-15H,16-18H2,1H3,(H,24,26). The minimum Gasteiger partial charge on any atom is -0.489 e. The van der Waals surface area contributed by atoms with Crippen LogP contribution in [0.3, 0.4) is 0 Å². The molecule has 0 heterocycles. The molecule has 0 unspecified atom stereocenters. The van der Waals surface area contributed by atoms with Gasteiger partial charge in [0, 0.05) is 13.6 Å². The molecule has 0 radical (unpaired) electrons. The molecular weight excluding hydrogens is 400 g/mol. The molecule has 156 valence electrons. The van der Waals surface area contributed by atoms with Gasteiger partial charge in [-0.3, -0.25) is 4.79 Å². The lowest BCUT2D eigenvalue weighted by atomic mass is 10.2. The third-order valence-corrected chi connectivity index (χ3v) is 6.27. The molecule has 0 aromatic heterocycles. The van der Waals surface area contributed by atoms with E-state index < -0.39 is 10.0 Å². The zero-order valence-electron chi connectivity index (χ0n) is 16.7. The number of nitrogens with zero attached hydrogens (tertiary/aromatic N) is 1. The SMILES string of the molecule is CN(CC(=O)NCc1cccc(OCc2ccccc2)c1)S(=O)(=O)c1ccccc1. The summed E-state index contributed by atoms with van der Waals surface area (Å²) < 4.78 is 31.8. The highest BCUT2D eigenvalue weighted by Gasteiger charge is 2.22. The van der Waals surface area contributed by atoms with E-state index in [4.69, 9.17) is 4.74 Å². The van der Waals surface area contributed by atoms with Crippen molar-refractivity contribution in [2.45, 2.75) is 18.0 Å². The van der Waals surface area contributed by atoms with E-state index in [-0.39, 0.29) is 23.9 Å². The molecule has 30 heavy (non-hydrogen) atoms. The smallest absolute Gasteiger partial charge is 0.243 e. The van der Waals surface area contributed by atoms with Gasteiger partial charge in [-0.25, -0.2) is 8.42 Å². The molecule has 0 bridgehead atoms. The summed E-state index contributed by atoms with van der Waals surface area (Å²) in [6, 6.07) is 25.3. The van der Waals surface area contributed by atoms with Crippen LogP contribution in [0.25, 0.3) is 0 Å². The molecule has 0 saturated heterocycles. The molecule has 0 aliphatic heterocycles. The fourth-order valence-electron chi connectivity index (χ4n) is 2.80. The number of amides is 1. The van der Waals surface area contributed by atoms with Crippen molar-refractivity contribution in [3.63, 3.8) is 0 Å². The molecule has 0 saturated carbocycles. The summed E-state index contributed by atoms with van der Waals surface area (Å²) in [5, 5.41) is 2.75. The normalized spacial score (nSPS) is 11.3. The van der Waals surface area contributed by atoms with E-state index in [1.54, 1.807) is 18.2 Å². The second kappa shape index (κ2) is 10.0. The Morgan fingerprint density at radius 2 is 1.53 bits per heavy atom. The van der Waals surface area contributed by atoms with E-state index in [2.05, 4.69) is 5.32 Å². The summed E-state index contributed by atoms with van der Waals surface area (Å²) in [7, 11) is -2.32. The number of carbonyl (C=O) groups excluding carboxylic acids is 1. The van der Waals surface area contributed by atoms with Crippen LogP contribution in [-0.4, -0.2) is 32.2 Å². The highest BCUT2D eigenvalue weighted by molar-refractivity contribution is 7.89. The van der Waals surface area contributed by atoms with Crippen LogP contribution >= 0.6 is 0 Å². The van der Waals surface area contributed by atoms with Crippen LogP contribution in [0, 0.1) is 0 Å². The van der Waals surface area contributed by atoms with Crippen molar-refractivity contribution in [1.29, 1.82) is 0 Å². The first-order valence-corrected chi connectivity index (χ1v) is 10.9. The lowest BCUT2D eigenvalue weighted by Crippen LogP contribution is -2.38. The molecule has 1 amide bonds. The second-order valence-electron chi connectivity index (χ2n) is 6.77. The summed E-state index contributed by atoms with van der Waals surface area (Å²) >= 11 is 0. The number of carbonyl (C=O) groups is 1. The summed E-state index contributed by atoms with van der Waals surface area (Å²) in [5.41, 5.74) is 1.93. The first-order valence-electron chi connectivity index (χ1n) is 9.49. The Balaban J connectivity index is 1.52. The number of nitrogens with one attached hydrogen (secondary N) is 1. The third-order valence-electron chi connectivity index (χ3n) is 4.45. The Hall–Kier alpha value is -3.16. The first kappa shape index (κ1) is 21.5. The summed E-state index contributed by atoms with van der Waals surface area (Å²) in [4.78, 5) is 12.4. The molecule has 1 N–H and O–H groups in total. The molecule has 3 aromatic carbocycles. The number of hydrogen-bond acceptors (Lipinski definition) is 4. The zero-order chi connectivity index (χ0) is 21.4. The number of hydrogen-bond donors (Lipinski definition) is 1. The van der Waals surface area contributed by atoms with Crippen LogP contribution in [0.5, 0.6) is 5.75 Å². The van der Waals surface area contributed by atoms with Crippen molar-refractivity contribution in [3.8, 4) is 5.75 Å². The molecule has 3 aromatic rings. The topological polar surface area (TPSA) is 75.7 Å². The fraction of sp³-hybridized carbons (Fsp3) is 0.174. The molecular formula is C23H24N2O4S. The average Bonchev–Trinajstić information content (AvgIpc) is 2.78. The maximum absolute atomic E-state index is 12.5. The van der Waals surface area contributed by atoms with Crippen LogP contribution in [0.1, 0.15) is 11.1 Å². The molecule has 0 spiro atoms. The van der Waals surface area contributed by atoms with Crippen LogP contribution < -0.4 is 10.1 Å². The predicted molar refractivity (Wildman–Crippen MR) is 115 cm³/mol. The maximum atomic E-state index is 12.5. The van der Waals surface area contributed by atoms with E-state index in [1.165, 1.54) is 19.2 Å². The second-order valence-corrected chi connectivity index (χ2v) is 8.82. The van der Waals surface area contributed by atoms with Crippen molar-refractivity contribution in [2.75, 3.05) is 13.6 Å². The van der Waals surface area contributed by atoms with Gasteiger partial charge in [0.2, 0.25) is 15.9 Å². The molecule has 3 rings (SSSR count). The summed E-state index contributed by atoms with van der Waals surface area (Å²) in [5.74, 6) is 0.321. The maximum Gasteiger partial charge on any atom is 0.243 e. The van der Waals surface area contributed by atoms with Gasteiger partial charge in [0.05, 0.1) is 11.4 Å². The van der Waals surface area contributed by atoms with Gasteiger partial charge in [0.25, 0.3) is 0 Å². The number of sulfonamides is 1. The van der Waals surface area contributed by atoms with Crippen LogP contribution in [0.4, 0.5) is 0 Å². The number of benzene rings is 3. The molecule has 7 heteroatoms. The highest BCUT2D eigenvalue weighted by atomic mass is 32.2. The Labute approximate surface area is 177 Å². The van der Waals surface area contributed by atoms with Crippen LogP contribution in [-0.2, 0) is 28.0 Å². The molecule has 0 fully saturated rings. The number of ether oxygens (including phenoxy) is 1. The van der Waals surface area contributed by atoms with Crippen molar-refractivity contribution < 1.29 is 17.9 Å². The monoisotopic (exact) mass is 424 g/mol. The van der Waals surface area contributed by atoms with E-state index in [1.807, 2.05) is 54.6 Å². The van der Waals surface area contributed by atoms with Gasteiger partial charge in [0.1, 0.15) is 12.4 Å². The lowest BCUT2D eigenvalue weighted by Gasteiger charge is -2.17. The van der Waals surface area contributed by atoms with Crippen LogP contribution in [0.15, 0.2) is 89.8 Å². The lowest BCUT2D eigenvalue weighted by molar-refractivity contribution is -0.121. The van der Waals surface area contributed by atoms with Crippen molar-refractivity contribution >= 4 is 15.9 Å². The van der Waals surface area contributed by atoms with Gasteiger partial charge in [-0.1, -0.05) is 60.7 Å². The minimum atomic E-state index is -3.70. The molecule has 0 aliphatic rings. The van der Waals surface area contributed by atoms with Gasteiger partial charge in [-0.15, -0.1) is 0 Å². The van der Waals surface area contributed by atoms with Gasteiger partial charge in [-0.2, -0.15) is 4.31 Å². The minimum absolute atomic E-state index is 0.156. The van der Waals surface area contributed by atoms with E-state index >= 15 is 0 Å². The van der Waals surface area contributed by atoms with E-state index in [9.17, 15) is 13.2 Å². The van der Waals surface area contributed by atoms with Crippen LogP contribution in [0.2, 0.25) is 0 Å². The Morgan fingerprint density at radius 1 is 0.900 bits per heavy atom. The first-order chi connectivity index (χ1) is 14.4. The van der Waals surface area contributed by atoms with Gasteiger partial charge >= 0.3 is 0 Å². The number of rotatable bonds is 9. The van der Waals surface area contributed by atoms with Crippen molar-refractivity contribution in [1.82, 2.24) is 9.62 Å². The molecule has 6 nitrogen and oxygen atoms in total. The zero-order valence-corrected chi connectivity index (χ0v) is 17.5. The molecule has 0 atom stereocenters. The fourth-order valence-corrected chi connectivity index (χ4v) is 3.95. The summed E-state index contributed by atoms with van der Waals surface area (Å²) in [6.07, 6.45) is 0. The van der Waals surface area contributed by atoms with E-state index in [0.717, 1.165) is 15.4 Å². The average molecular weight is 425 g/mol. The van der Waals surface area contributed by atoms with Gasteiger partial charge < -0.3 is 10.1 Å². The predicted octanol–water partition coefficient (Wildman–Crippen LogP) is 3.20. The van der Waals surface area contributed by atoms with Crippen molar-refractivity contribution in [2.24, 2.45) is 0 Å². The third kappa shape index (κ3) is 5.92. The van der Waals surface area contributed by atoms with Crippen molar-refractivity contribution in [3.05, 3.63) is 96.1 Å². The number of likely N-dealkylation sites (N-methyl/N-ethyl adjacent to an activating group) is 1. The van der Waals surface area contributed by atoms with Gasteiger partial charge in [0.15, 0.2) is 0 Å².